The highest BCUT2D eigenvalue weighted by molar-refractivity contribution is 4.99. The summed E-state index contributed by atoms with van der Waals surface area (Å²) in [4.78, 5) is 4.84. The number of rotatable bonds is 10. The van der Waals surface area contributed by atoms with E-state index in [0.29, 0.717) is 0 Å². The molecule has 0 saturated heterocycles. The van der Waals surface area contributed by atoms with E-state index in [0.717, 1.165) is 39.0 Å². The second-order valence-corrected chi connectivity index (χ2v) is 5.33. The van der Waals surface area contributed by atoms with Crippen molar-refractivity contribution < 1.29 is 0 Å². The van der Waals surface area contributed by atoms with E-state index >= 15 is 0 Å². The van der Waals surface area contributed by atoms with Gasteiger partial charge in [-0.2, -0.15) is 0 Å². The first kappa shape index (κ1) is 23.3. The van der Waals surface area contributed by atoms with Crippen molar-refractivity contribution in [3.8, 4) is 0 Å². The van der Waals surface area contributed by atoms with E-state index in [9.17, 15) is 0 Å². The van der Waals surface area contributed by atoms with Crippen LogP contribution in [0.2, 0.25) is 0 Å². The van der Waals surface area contributed by atoms with Gasteiger partial charge >= 0.3 is 0 Å². The molecule has 22 heavy (non-hydrogen) atoms. The molecule has 2 nitrogen and oxygen atoms in total. The van der Waals surface area contributed by atoms with Crippen LogP contribution in [0.5, 0.6) is 0 Å². The fourth-order valence-electron chi connectivity index (χ4n) is 2.73. The largest absolute Gasteiger partial charge is 0.376 e. The van der Waals surface area contributed by atoms with Crippen LogP contribution in [0.4, 0.5) is 0 Å². The van der Waals surface area contributed by atoms with Gasteiger partial charge in [-0.25, -0.2) is 0 Å². The van der Waals surface area contributed by atoms with Crippen LogP contribution in [0.1, 0.15) is 81.1 Å². The minimum absolute atomic E-state index is 1.14. The van der Waals surface area contributed by atoms with Gasteiger partial charge in [-0.15, -0.1) is 0 Å². The standard InChI is InChI=1S/2C10H21N/c2*1-5-9-10(6-2)11(7-3)8-4/h9H,5-8H2,1-4H3;6H,5,7-9H2,1-4H3/b10-9+;10-6+. The fraction of sp³-hybridized carbons (Fsp3) is 0.800. The maximum Gasteiger partial charge on any atom is 0.0146 e. The van der Waals surface area contributed by atoms with Gasteiger partial charge < -0.3 is 9.80 Å². The summed E-state index contributed by atoms with van der Waals surface area (Å²) in [5.41, 5.74) is 3.00. The van der Waals surface area contributed by atoms with Crippen molar-refractivity contribution in [2.24, 2.45) is 0 Å². The van der Waals surface area contributed by atoms with Gasteiger partial charge in [-0.3, -0.25) is 0 Å². The van der Waals surface area contributed by atoms with Gasteiger partial charge in [0.05, 0.1) is 0 Å². The molecule has 0 radical (unpaired) electrons. The molecule has 0 saturated carbocycles. The van der Waals surface area contributed by atoms with Gasteiger partial charge in [-0.1, -0.05) is 39.3 Å². The van der Waals surface area contributed by atoms with Crippen LogP contribution >= 0.6 is 0 Å². The van der Waals surface area contributed by atoms with Crippen molar-refractivity contribution in [2.75, 3.05) is 26.2 Å². The lowest BCUT2D eigenvalue weighted by Gasteiger charge is -2.23. The maximum atomic E-state index is 2.42. The molecule has 0 aliphatic heterocycles. The third kappa shape index (κ3) is 9.92. The van der Waals surface area contributed by atoms with Crippen molar-refractivity contribution in [3.05, 3.63) is 23.5 Å². The van der Waals surface area contributed by atoms with Crippen LogP contribution in [0.15, 0.2) is 23.5 Å². The highest BCUT2D eigenvalue weighted by Crippen LogP contribution is 2.10. The van der Waals surface area contributed by atoms with Gasteiger partial charge in [0.1, 0.15) is 0 Å². The van der Waals surface area contributed by atoms with E-state index in [1.54, 1.807) is 0 Å². The molecule has 0 unspecified atom stereocenters. The zero-order chi connectivity index (χ0) is 17.4. The Hall–Kier alpha value is -0.920. The summed E-state index contributed by atoms with van der Waals surface area (Å²) in [6, 6.07) is 0. The minimum Gasteiger partial charge on any atom is -0.376 e. The van der Waals surface area contributed by atoms with Gasteiger partial charge in [0.25, 0.3) is 0 Å². The number of allylic oxidation sites excluding steroid dienone is 4. The lowest BCUT2D eigenvalue weighted by atomic mass is 10.2. The summed E-state index contributed by atoms with van der Waals surface area (Å²) in [6.45, 7) is 22.2. The predicted molar refractivity (Wildman–Crippen MR) is 103 cm³/mol. The average Bonchev–Trinajstić information content (AvgIpc) is 2.55. The molecular formula is C20H42N2. The molecule has 0 heterocycles. The SMILES string of the molecule is C/C=C(\CCC)N(CC)CC.CC/C=C(\CC)N(CC)CC. The molecule has 0 aromatic heterocycles. The molecule has 0 amide bonds. The molecule has 2 heteroatoms. The molecular weight excluding hydrogens is 268 g/mol. The van der Waals surface area contributed by atoms with Crippen molar-refractivity contribution in [1.29, 1.82) is 0 Å². The summed E-state index contributed by atoms with van der Waals surface area (Å²) < 4.78 is 0. The van der Waals surface area contributed by atoms with Gasteiger partial charge in [-0.05, 0) is 53.9 Å². The Morgan fingerprint density at radius 1 is 0.727 bits per heavy atom. The van der Waals surface area contributed by atoms with Crippen molar-refractivity contribution in [2.45, 2.75) is 81.1 Å². The Labute approximate surface area is 141 Å². The Bertz CT molecular complexity index is 284. The Balaban J connectivity index is 0. The zero-order valence-electron chi connectivity index (χ0n) is 16.7. The number of hydrogen-bond donors (Lipinski definition) is 0. The molecule has 0 aromatic carbocycles. The Kier molecular flexibility index (Phi) is 17.5. The Morgan fingerprint density at radius 3 is 1.45 bits per heavy atom. The summed E-state index contributed by atoms with van der Waals surface area (Å²) in [6.07, 6.45) is 9.34. The molecule has 0 fully saturated rings. The molecule has 0 aliphatic carbocycles. The van der Waals surface area contributed by atoms with Crippen LogP contribution < -0.4 is 0 Å². The predicted octanol–water partition coefficient (Wildman–Crippen LogP) is 6.06. The average molecular weight is 311 g/mol. The number of hydrogen-bond acceptors (Lipinski definition) is 2. The van der Waals surface area contributed by atoms with E-state index in [4.69, 9.17) is 0 Å². The monoisotopic (exact) mass is 310 g/mol. The Morgan fingerprint density at radius 2 is 1.18 bits per heavy atom. The lowest BCUT2D eigenvalue weighted by molar-refractivity contribution is 0.366. The van der Waals surface area contributed by atoms with Crippen molar-refractivity contribution in [3.63, 3.8) is 0 Å². The van der Waals surface area contributed by atoms with E-state index in [1.807, 2.05) is 0 Å². The summed E-state index contributed by atoms with van der Waals surface area (Å²) in [5, 5.41) is 0. The smallest absolute Gasteiger partial charge is 0.0146 e. The van der Waals surface area contributed by atoms with Crippen LogP contribution in [-0.2, 0) is 0 Å². The van der Waals surface area contributed by atoms with Crippen LogP contribution in [0.3, 0.4) is 0 Å². The van der Waals surface area contributed by atoms with Crippen molar-refractivity contribution >= 4 is 0 Å². The molecule has 0 spiro atoms. The molecule has 0 aliphatic rings. The number of nitrogens with zero attached hydrogens (tertiary/aromatic N) is 2. The topological polar surface area (TPSA) is 6.48 Å². The van der Waals surface area contributed by atoms with Crippen molar-refractivity contribution in [1.82, 2.24) is 9.80 Å². The van der Waals surface area contributed by atoms with Crippen LogP contribution in [0, 0.1) is 0 Å². The first-order chi connectivity index (χ1) is 10.6. The first-order valence-electron chi connectivity index (χ1n) is 9.43. The van der Waals surface area contributed by atoms with Gasteiger partial charge in [0.2, 0.25) is 0 Å². The third-order valence-corrected chi connectivity index (χ3v) is 3.98. The lowest BCUT2D eigenvalue weighted by Crippen LogP contribution is -2.21. The maximum absolute atomic E-state index is 2.42. The second kappa shape index (κ2) is 16.5. The van der Waals surface area contributed by atoms with Crippen LogP contribution in [-0.4, -0.2) is 36.0 Å². The molecule has 0 N–H and O–H groups in total. The molecule has 0 rings (SSSR count). The van der Waals surface area contributed by atoms with Crippen LogP contribution in [0.25, 0.3) is 0 Å². The summed E-state index contributed by atoms with van der Waals surface area (Å²) in [5.74, 6) is 0. The summed E-state index contributed by atoms with van der Waals surface area (Å²) in [7, 11) is 0. The fourth-order valence-corrected chi connectivity index (χ4v) is 2.73. The van der Waals surface area contributed by atoms with Gasteiger partial charge in [0, 0.05) is 37.6 Å². The highest BCUT2D eigenvalue weighted by Gasteiger charge is 2.01. The third-order valence-electron chi connectivity index (χ3n) is 3.98. The molecule has 0 aromatic rings. The van der Waals surface area contributed by atoms with E-state index in [2.05, 4.69) is 77.3 Å². The van der Waals surface area contributed by atoms with E-state index < -0.39 is 0 Å². The molecule has 0 bridgehead atoms. The minimum atomic E-state index is 1.14. The molecule has 0 atom stereocenters. The second-order valence-electron chi connectivity index (χ2n) is 5.33. The highest BCUT2D eigenvalue weighted by atomic mass is 15.1. The zero-order valence-corrected chi connectivity index (χ0v) is 16.7. The molecule has 132 valence electrons. The normalized spacial score (nSPS) is 11.8. The van der Waals surface area contributed by atoms with E-state index in [1.165, 1.54) is 24.2 Å². The quantitative estimate of drug-likeness (QED) is 0.483. The first-order valence-corrected chi connectivity index (χ1v) is 9.43. The summed E-state index contributed by atoms with van der Waals surface area (Å²) >= 11 is 0. The van der Waals surface area contributed by atoms with Gasteiger partial charge in [0.15, 0.2) is 0 Å². The van der Waals surface area contributed by atoms with E-state index in [-0.39, 0.29) is 0 Å².